The maximum atomic E-state index is 11.6. The second-order valence-electron chi connectivity index (χ2n) is 4.35. The van der Waals surface area contributed by atoms with E-state index in [1.165, 1.54) is 11.3 Å². The Kier molecular flexibility index (Phi) is 3.86. The first-order chi connectivity index (χ1) is 8.56. The number of nitrogens with one attached hydrogen (secondary N) is 1. The largest absolute Gasteiger partial charge is 0.461 e. The molecule has 0 bridgehead atoms. The van der Waals surface area contributed by atoms with Gasteiger partial charge in [0.1, 0.15) is 11.5 Å². The van der Waals surface area contributed by atoms with Gasteiger partial charge in [-0.1, -0.05) is 0 Å². The average molecular weight is 268 g/mol. The second-order valence-corrected chi connectivity index (χ2v) is 5.61. The number of carbonyl (C=O) groups is 2. The van der Waals surface area contributed by atoms with Crippen LogP contribution in [0.15, 0.2) is 6.07 Å². The maximum absolute atomic E-state index is 11.6. The predicted octanol–water partition coefficient (Wildman–Crippen LogP) is 1.46. The molecule has 1 fully saturated rings. The molecular weight excluding hydrogens is 252 g/mol. The fourth-order valence-corrected chi connectivity index (χ4v) is 2.27. The fourth-order valence-electron chi connectivity index (χ4n) is 1.43. The van der Waals surface area contributed by atoms with E-state index in [4.69, 9.17) is 10.5 Å². The zero-order chi connectivity index (χ0) is 13.1. The summed E-state index contributed by atoms with van der Waals surface area (Å²) >= 11 is 1.30. The molecule has 18 heavy (non-hydrogen) atoms. The molecule has 5 nitrogen and oxygen atoms in total. The third-order valence-corrected chi connectivity index (χ3v) is 3.71. The van der Waals surface area contributed by atoms with Crippen LogP contribution in [0.3, 0.4) is 0 Å². The molecule has 1 aromatic heterocycles. The van der Waals surface area contributed by atoms with Gasteiger partial charge in [-0.05, 0) is 25.8 Å². The lowest BCUT2D eigenvalue weighted by Crippen LogP contribution is -2.26. The van der Waals surface area contributed by atoms with Gasteiger partial charge in [-0.15, -0.1) is 11.3 Å². The Labute approximate surface area is 109 Å². The van der Waals surface area contributed by atoms with Gasteiger partial charge in [-0.3, -0.25) is 4.79 Å². The summed E-state index contributed by atoms with van der Waals surface area (Å²) in [5.41, 5.74) is 6.25. The zero-order valence-electron chi connectivity index (χ0n) is 10.2. The van der Waals surface area contributed by atoms with Gasteiger partial charge in [-0.2, -0.15) is 0 Å². The van der Waals surface area contributed by atoms with Gasteiger partial charge in [0.2, 0.25) is 5.91 Å². The Morgan fingerprint density at radius 1 is 1.56 bits per heavy atom. The summed E-state index contributed by atoms with van der Waals surface area (Å²) in [6.07, 6.45) is 2.32. The van der Waals surface area contributed by atoms with E-state index in [1.54, 1.807) is 6.07 Å². The van der Waals surface area contributed by atoms with Gasteiger partial charge in [0, 0.05) is 16.6 Å². The van der Waals surface area contributed by atoms with Crippen molar-refractivity contribution in [2.45, 2.75) is 32.2 Å². The van der Waals surface area contributed by atoms with Crippen molar-refractivity contribution in [2.75, 3.05) is 12.3 Å². The molecule has 98 valence electrons. The van der Waals surface area contributed by atoms with Crippen LogP contribution in [-0.2, 0) is 9.53 Å². The van der Waals surface area contributed by atoms with Crippen molar-refractivity contribution in [1.82, 2.24) is 5.32 Å². The Hall–Kier alpha value is -1.56. The minimum atomic E-state index is -0.418. The summed E-state index contributed by atoms with van der Waals surface area (Å²) in [6, 6.07) is 1.94. The highest BCUT2D eigenvalue weighted by Gasteiger charge is 2.23. The number of ether oxygens (including phenoxy) is 1. The standard InChI is InChI=1S/C12H16N2O3S/c1-7-9(13)6-10(18-7)12(16)17-5-4-11(15)14-8-2-3-8/h6,8H,2-5,13H2,1H3,(H,14,15). The number of aryl methyl sites for hydroxylation is 1. The van der Waals surface area contributed by atoms with Gasteiger partial charge in [-0.25, -0.2) is 4.79 Å². The molecule has 0 spiro atoms. The van der Waals surface area contributed by atoms with Gasteiger partial charge >= 0.3 is 5.97 Å². The normalized spacial score (nSPS) is 14.3. The molecule has 1 amide bonds. The van der Waals surface area contributed by atoms with Crippen molar-refractivity contribution < 1.29 is 14.3 Å². The number of nitrogen functional groups attached to an aromatic ring is 1. The second kappa shape index (κ2) is 5.39. The molecule has 0 aliphatic heterocycles. The predicted molar refractivity (Wildman–Crippen MR) is 69.5 cm³/mol. The average Bonchev–Trinajstić information content (AvgIpc) is 3.05. The molecule has 1 saturated carbocycles. The van der Waals surface area contributed by atoms with Crippen LogP contribution < -0.4 is 11.1 Å². The monoisotopic (exact) mass is 268 g/mol. The SMILES string of the molecule is Cc1sc(C(=O)OCCC(=O)NC2CC2)cc1N. The summed E-state index contributed by atoms with van der Waals surface area (Å²) < 4.78 is 5.02. The summed E-state index contributed by atoms with van der Waals surface area (Å²) in [6.45, 7) is 1.95. The van der Waals surface area contributed by atoms with E-state index in [0.717, 1.165) is 17.7 Å². The number of carbonyl (C=O) groups excluding carboxylic acids is 2. The van der Waals surface area contributed by atoms with Gasteiger partial charge in [0.05, 0.1) is 6.42 Å². The number of anilines is 1. The van der Waals surface area contributed by atoms with Crippen molar-refractivity contribution in [2.24, 2.45) is 0 Å². The van der Waals surface area contributed by atoms with E-state index in [9.17, 15) is 9.59 Å². The molecule has 3 N–H and O–H groups in total. The van der Waals surface area contributed by atoms with Crippen molar-refractivity contribution >= 4 is 28.9 Å². The molecule has 1 heterocycles. The van der Waals surface area contributed by atoms with E-state index < -0.39 is 5.97 Å². The van der Waals surface area contributed by atoms with Crippen LogP contribution in [-0.4, -0.2) is 24.5 Å². The third kappa shape index (κ3) is 3.46. The van der Waals surface area contributed by atoms with Crippen LogP contribution in [0.1, 0.15) is 33.8 Å². The number of esters is 1. The lowest BCUT2D eigenvalue weighted by molar-refractivity contribution is -0.121. The molecule has 0 radical (unpaired) electrons. The fraction of sp³-hybridized carbons (Fsp3) is 0.500. The number of amides is 1. The van der Waals surface area contributed by atoms with E-state index in [1.807, 2.05) is 6.92 Å². The highest BCUT2D eigenvalue weighted by Crippen LogP contribution is 2.24. The van der Waals surface area contributed by atoms with Crippen LogP contribution in [0.5, 0.6) is 0 Å². The quantitative estimate of drug-likeness (QED) is 0.792. The summed E-state index contributed by atoms with van der Waals surface area (Å²) in [5, 5.41) is 2.83. The van der Waals surface area contributed by atoms with Crippen LogP contribution in [0.25, 0.3) is 0 Å². The Bertz CT molecular complexity index is 446. The Morgan fingerprint density at radius 3 is 2.83 bits per heavy atom. The molecule has 6 heteroatoms. The Morgan fingerprint density at radius 2 is 2.28 bits per heavy atom. The molecule has 1 aliphatic carbocycles. The maximum Gasteiger partial charge on any atom is 0.348 e. The van der Waals surface area contributed by atoms with Gasteiger partial charge in [0.25, 0.3) is 0 Å². The van der Waals surface area contributed by atoms with Crippen molar-refractivity contribution in [3.8, 4) is 0 Å². The van der Waals surface area contributed by atoms with Crippen molar-refractivity contribution in [3.63, 3.8) is 0 Å². The molecular formula is C12H16N2O3S. The van der Waals surface area contributed by atoms with Crippen LogP contribution in [0.4, 0.5) is 5.69 Å². The topological polar surface area (TPSA) is 81.4 Å². The lowest BCUT2D eigenvalue weighted by atomic mass is 10.4. The summed E-state index contributed by atoms with van der Waals surface area (Å²) in [4.78, 5) is 24.4. The van der Waals surface area contributed by atoms with Crippen molar-refractivity contribution in [1.29, 1.82) is 0 Å². The number of thiophene rings is 1. The first-order valence-corrected chi connectivity index (χ1v) is 6.70. The first-order valence-electron chi connectivity index (χ1n) is 5.88. The van der Waals surface area contributed by atoms with Crippen LogP contribution >= 0.6 is 11.3 Å². The number of nitrogens with two attached hydrogens (primary N) is 1. The highest BCUT2D eigenvalue weighted by atomic mass is 32.1. The summed E-state index contributed by atoms with van der Waals surface area (Å²) in [7, 11) is 0. The van der Waals surface area contributed by atoms with Gasteiger partial charge in [0.15, 0.2) is 0 Å². The van der Waals surface area contributed by atoms with E-state index in [-0.39, 0.29) is 18.9 Å². The van der Waals surface area contributed by atoms with Crippen molar-refractivity contribution in [3.05, 3.63) is 15.8 Å². The van der Waals surface area contributed by atoms with E-state index >= 15 is 0 Å². The van der Waals surface area contributed by atoms with E-state index in [0.29, 0.717) is 16.6 Å². The molecule has 2 rings (SSSR count). The minimum absolute atomic E-state index is 0.0628. The molecule has 1 aromatic rings. The lowest BCUT2D eigenvalue weighted by Gasteiger charge is -2.04. The van der Waals surface area contributed by atoms with Crippen LogP contribution in [0.2, 0.25) is 0 Å². The molecule has 0 saturated heterocycles. The summed E-state index contributed by atoms with van der Waals surface area (Å²) in [5.74, 6) is -0.480. The highest BCUT2D eigenvalue weighted by molar-refractivity contribution is 7.14. The van der Waals surface area contributed by atoms with Crippen LogP contribution in [0, 0.1) is 6.92 Å². The smallest absolute Gasteiger partial charge is 0.348 e. The van der Waals surface area contributed by atoms with Gasteiger partial charge < -0.3 is 15.8 Å². The number of hydrogen-bond acceptors (Lipinski definition) is 5. The number of hydrogen-bond donors (Lipinski definition) is 2. The molecule has 0 aromatic carbocycles. The minimum Gasteiger partial charge on any atom is -0.461 e. The first kappa shape index (κ1) is 12.9. The molecule has 1 aliphatic rings. The third-order valence-electron chi connectivity index (χ3n) is 2.66. The molecule has 0 unspecified atom stereocenters. The number of rotatable bonds is 5. The molecule has 0 atom stereocenters. The Balaban J connectivity index is 1.72. The van der Waals surface area contributed by atoms with E-state index in [2.05, 4.69) is 5.32 Å². The zero-order valence-corrected chi connectivity index (χ0v) is 11.0.